The highest BCUT2D eigenvalue weighted by Gasteiger charge is 2.55. The maximum atomic E-state index is 13.3. The van der Waals surface area contributed by atoms with Gasteiger partial charge in [-0.2, -0.15) is 0 Å². The molecule has 1 aromatic heterocycles. The van der Waals surface area contributed by atoms with E-state index in [1.165, 1.54) is 0 Å². The second-order valence-electron chi connectivity index (χ2n) is 8.42. The molecule has 2 saturated heterocycles. The number of nitrogens with zero attached hydrogens (tertiary/aromatic N) is 2. The number of rotatable bonds is 4. The van der Waals surface area contributed by atoms with Crippen LogP contribution in [0.3, 0.4) is 0 Å². The Morgan fingerprint density at radius 3 is 2.33 bits per heavy atom. The Hall–Kier alpha value is -2.15. The Morgan fingerprint density at radius 2 is 1.77 bits per heavy atom. The summed E-state index contributed by atoms with van der Waals surface area (Å²) < 4.78 is 18.1. The molecule has 3 heterocycles. The average Bonchev–Trinajstić information content (AvgIpc) is 3.49. The van der Waals surface area contributed by atoms with Crippen LogP contribution in [-0.4, -0.2) is 60.4 Å². The van der Waals surface area contributed by atoms with Gasteiger partial charge in [0, 0.05) is 23.8 Å². The molecule has 0 radical (unpaired) electrons. The van der Waals surface area contributed by atoms with Crippen LogP contribution in [0.25, 0.3) is 0 Å². The lowest BCUT2D eigenvalue weighted by Crippen LogP contribution is -2.39. The summed E-state index contributed by atoms with van der Waals surface area (Å²) in [6.07, 6.45) is 3.03. The largest absolute Gasteiger partial charge is 0.484 e. The van der Waals surface area contributed by atoms with Gasteiger partial charge in [0.15, 0.2) is 0 Å². The highest BCUT2D eigenvalue weighted by Crippen LogP contribution is 2.50. The van der Waals surface area contributed by atoms with Crippen LogP contribution in [0.1, 0.15) is 24.1 Å². The summed E-state index contributed by atoms with van der Waals surface area (Å²) in [5.74, 6) is 0.879. The number of amides is 1. The molecule has 2 aliphatic heterocycles. The van der Waals surface area contributed by atoms with E-state index < -0.39 is 5.41 Å². The third-order valence-electron chi connectivity index (χ3n) is 6.24. The molecule has 0 bridgehead atoms. The first-order valence-electron chi connectivity index (χ1n) is 10.4. The summed E-state index contributed by atoms with van der Waals surface area (Å²) in [5.41, 5.74) is 1.59. The minimum Gasteiger partial charge on any atom is -0.484 e. The van der Waals surface area contributed by atoms with Crippen LogP contribution in [-0.2, 0) is 19.7 Å². The molecule has 6 nitrogen and oxygen atoms in total. The summed E-state index contributed by atoms with van der Waals surface area (Å²) in [6.45, 7) is 3.91. The lowest BCUT2D eigenvalue weighted by Gasteiger charge is -2.24. The Kier molecular flexibility index (Phi) is 5.17. The van der Waals surface area contributed by atoms with Gasteiger partial charge in [-0.3, -0.25) is 9.78 Å². The van der Waals surface area contributed by atoms with Crippen molar-refractivity contribution in [1.29, 1.82) is 0 Å². The van der Waals surface area contributed by atoms with Crippen molar-refractivity contribution in [2.45, 2.75) is 43.5 Å². The molecule has 7 heteroatoms. The molecule has 1 saturated carbocycles. The lowest BCUT2D eigenvalue weighted by molar-refractivity contribution is -0.133. The second-order valence-corrected chi connectivity index (χ2v) is 8.85. The standard InChI is InChI=1S/C23H25ClN2O4/c1-15-2-7-18(10-25-15)30-19-13-28-20-11-26(12-21(20)29-14-19)22(27)23(8-9-23)16-3-5-17(24)6-4-16/h2-7,10,19-21H,8-9,11-14H2,1H3/t20-,21-/m0/s1. The van der Waals surface area contributed by atoms with E-state index in [2.05, 4.69) is 4.98 Å². The second kappa shape index (κ2) is 7.84. The van der Waals surface area contributed by atoms with Gasteiger partial charge in [-0.25, -0.2) is 0 Å². The van der Waals surface area contributed by atoms with Crippen LogP contribution in [0.5, 0.6) is 5.75 Å². The maximum Gasteiger partial charge on any atom is 0.233 e. The normalized spacial score (nSPS) is 25.5. The Balaban J connectivity index is 1.20. The first-order chi connectivity index (χ1) is 14.5. The molecular formula is C23H25ClN2O4. The van der Waals surface area contributed by atoms with Crippen LogP contribution < -0.4 is 4.74 Å². The predicted molar refractivity (Wildman–Crippen MR) is 112 cm³/mol. The van der Waals surface area contributed by atoms with E-state index in [1.54, 1.807) is 6.20 Å². The minimum atomic E-state index is -0.405. The zero-order valence-corrected chi connectivity index (χ0v) is 17.7. The van der Waals surface area contributed by atoms with Crippen molar-refractivity contribution in [2.75, 3.05) is 26.3 Å². The van der Waals surface area contributed by atoms with Gasteiger partial charge < -0.3 is 19.1 Å². The van der Waals surface area contributed by atoms with E-state index in [4.69, 9.17) is 25.8 Å². The van der Waals surface area contributed by atoms with Gasteiger partial charge in [-0.15, -0.1) is 0 Å². The summed E-state index contributed by atoms with van der Waals surface area (Å²) in [7, 11) is 0. The highest BCUT2D eigenvalue weighted by atomic mass is 35.5. The minimum absolute atomic E-state index is 0.125. The van der Waals surface area contributed by atoms with E-state index in [0.29, 0.717) is 37.1 Å². The van der Waals surface area contributed by atoms with Crippen molar-refractivity contribution < 1.29 is 19.0 Å². The summed E-state index contributed by atoms with van der Waals surface area (Å²) >= 11 is 6.01. The van der Waals surface area contributed by atoms with Gasteiger partial charge in [0.05, 0.1) is 24.8 Å². The van der Waals surface area contributed by atoms with E-state index in [0.717, 1.165) is 24.1 Å². The first kappa shape index (κ1) is 19.8. The van der Waals surface area contributed by atoms with Gasteiger partial charge in [-0.05, 0) is 49.6 Å². The van der Waals surface area contributed by atoms with Crippen LogP contribution in [0.2, 0.25) is 5.02 Å². The molecule has 5 rings (SSSR count). The van der Waals surface area contributed by atoms with Crippen molar-refractivity contribution in [3.8, 4) is 5.75 Å². The number of benzene rings is 1. The fourth-order valence-electron chi connectivity index (χ4n) is 4.35. The maximum absolute atomic E-state index is 13.3. The van der Waals surface area contributed by atoms with E-state index in [1.807, 2.05) is 48.2 Å². The monoisotopic (exact) mass is 428 g/mol. The summed E-state index contributed by atoms with van der Waals surface area (Å²) in [6, 6.07) is 11.5. The van der Waals surface area contributed by atoms with Crippen LogP contribution in [0.4, 0.5) is 0 Å². The fraction of sp³-hybridized carbons (Fsp3) is 0.478. The first-order valence-corrected chi connectivity index (χ1v) is 10.8. The molecule has 30 heavy (non-hydrogen) atoms. The average molecular weight is 429 g/mol. The quantitative estimate of drug-likeness (QED) is 0.748. The number of ether oxygens (including phenoxy) is 3. The predicted octanol–water partition coefficient (Wildman–Crippen LogP) is 3.15. The molecule has 3 fully saturated rings. The highest BCUT2D eigenvalue weighted by molar-refractivity contribution is 6.30. The zero-order chi connectivity index (χ0) is 20.7. The third-order valence-corrected chi connectivity index (χ3v) is 6.49. The molecule has 1 aromatic carbocycles. The van der Waals surface area contributed by atoms with E-state index in [9.17, 15) is 4.79 Å². The van der Waals surface area contributed by atoms with Crippen molar-refractivity contribution >= 4 is 17.5 Å². The number of aryl methyl sites for hydroxylation is 1. The Labute approximate surface area is 181 Å². The smallest absolute Gasteiger partial charge is 0.233 e. The molecule has 1 amide bonds. The van der Waals surface area contributed by atoms with E-state index >= 15 is 0 Å². The van der Waals surface area contributed by atoms with Crippen molar-refractivity contribution in [3.05, 3.63) is 58.9 Å². The van der Waals surface area contributed by atoms with Crippen molar-refractivity contribution in [1.82, 2.24) is 9.88 Å². The van der Waals surface area contributed by atoms with Crippen molar-refractivity contribution in [2.24, 2.45) is 0 Å². The van der Waals surface area contributed by atoms with Gasteiger partial charge >= 0.3 is 0 Å². The number of hydrogen-bond donors (Lipinski definition) is 0. The number of hydrogen-bond acceptors (Lipinski definition) is 5. The molecule has 2 aromatic rings. The molecular weight excluding hydrogens is 404 g/mol. The van der Waals surface area contributed by atoms with E-state index in [-0.39, 0.29) is 24.2 Å². The van der Waals surface area contributed by atoms with Gasteiger partial charge in [-0.1, -0.05) is 23.7 Å². The summed E-state index contributed by atoms with van der Waals surface area (Å²) in [4.78, 5) is 19.5. The molecule has 0 N–H and O–H groups in total. The number of aromatic nitrogens is 1. The molecule has 0 spiro atoms. The molecule has 1 aliphatic carbocycles. The lowest BCUT2D eigenvalue weighted by atomic mass is 9.94. The van der Waals surface area contributed by atoms with Crippen LogP contribution in [0.15, 0.2) is 42.6 Å². The Morgan fingerprint density at radius 1 is 1.10 bits per heavy atom. The number of halogens is 1. The molecule has 2 atom stereocenters. The number of likely N-dealkylation sites (tertiary alicyclic amines) is 1. The Bertz CT molecular complexity index is 898. The SMILES string of the molecule is Cc1ccc(OC2CO[C@H]3CN(C(=O)C4(c5ccc(Cl)cc5)CC4)C[C@@H]3OC2)cn1. The molecule has 3 aliphatic rings. The van der Waals surface area contributed by atoms with Gasteiger partial charge in [0.2, 0.25) is 5.91 Å². The summed E-state index contributed by atoms with van der Waals surface area (Å²) in [5, 5.41) is 0.686. The zero-order valence-electron chi connectivity index (χ0n) is 16.9. The number of carbonyl (C=O) groups excluding carboxylic acids is 1. The van der Waals surface area contributed by atoms with Crippen LogP contribution in [0, 0.1) is 6.92 Å². The fourth-order valence-corrected chi connectivity index (χ4v) is 4.47. The number of pyridine rings is 1. The van der Waals surface area contributed by atoms with Crippen molar-refractivity contribution in [3.63, 3.8) is 0 Å². The third kappa shape index (κ3) is 3.80. The molecule has 158 valence electrons. The van der Waals surface area contributed by atoms with Crippen LogP contribution >= 0.6 is 11.6 Å². The topological polar surface area (TPSA) is 60.9 Å². The molecule has 0 unspecified atom stereocenters. The van der Waals surface area contributed by atoms with Gasteiger partial charge in [0.25, 0.3) is 0 Å². The number of carbonyl (C=O) groups is 1. The number of fused-ring (bicyclic) bond motifs is 1. The van der Waals surface area contributed by atoms with Gasteiger partial charge in [0.1, 0.15) is 24.1 Å².